The average molecular weight is 362 g/mol. The number of phenols is 2. The minimum absolute atomic E-state index is 0.0629. The fourth-order valence-electron chi connectivity index (χ4n) is 2.36. The zero-order valence-corrected chi connectivity index (χ0v) is 14.4. The molecule has 0 aliphatic carbocycles. The number of rotatable bonds is 6. The number of nitrogens with zero attached hydrogens (tertiary/aromatic N) is 1. The molecule has 0 aliphatic rings. The van der Waals surface area contributed by atoms with Crippen LogP contribution in [0.3, 0.4) is 0 Å². The lowest BCUT2D eigenvalue weighted by molar-refractivity contribution is 0.0952. The number of amides is 1. The van der Waals surface area contributed by atoms with Gasteiger partial charge in [0.25, 0.3) is 5.91 Å². The van der Waals surface area contributed by atoms with Gasteiger partial charge in [-0.05, 0) is 41.5 Å². The lowest BCUT2D eigenvalue weighted by Crippen LogP contribution is -2.17. The molecule has 0 atom stereocenters. The summed E-state index contributed by atoms with van der Waals surface area (Å²) in [6.07, 6.45) is 1.47. The Morgan fingerprint density at radius 1 is 1.00 bits per heavy atom. The number of carbonyl (C=O) groups is 1. The predicted molar refractivity (Wildman–Crippen MR) is 102 cm³/mol. The maximum absolute atomic E-state index is 12.0. The second-order valence-corrected chi connectivity index (χ2v) is 5.75. The van der Waals surface area contributed by atoms with Gasteiger partial charge in [-0.1, -0.05) is 42.5 Å². The average Bonchev–Trinajstić information content (AvgIpc) is 2.69. The van der Waals surface area contributed by atoms with E-state index >= 15 is 0 Å². The molecule has 27 heavy (non-hydrogen) atoms. The van der Waals surface area contributed by atoms with Gasteiger partial charge in [-0.3, -0.25) is 4.79 Å². The van der Waals surface area contributed by atoms with Crippen LogP contribution in [0.5, 0.6) is 17.2 Å². The van der Waals surface area contributed by atoms with E-state index in [4.69, 9.17) is 4.74 Å². The number of benzene rings is 3. The van der Waals surface area contributed by atoms with Crippen LogP contribution in [-0.2, 0) is 6.61 Å². The minimum atomic E-state index is -0.629. The number of aromatic hydroxyl groups is 2. The zero-order chi connectivity index (χ0) is 19.1. The maximum atomic E-state index is 12.0. The van der Waals surface area contributed by atoms with Gasteiger partial charge in [0.05, 0.1) is 11.8 Å². The third-order valence-corrected chi connectivity index (χ3v) is 3.71. The highest BCUT2D eigenvalue weighted by Gasteiger charge is 2.11. The largest absolute Gasteiger partial charge is 0.508 e. The van der Waals surface area contributed by atoms with Crippen molar-refractivity contribution in [2.24, 2.45) is 5.10 Å². The van der Waals surface area contributed by atoms with E-state index in [-0.39, 0.29) is 17.1 Å². The summed E-state index contributed by atoms with van der Waals surface area (Å²) >= 11 is 0. The molecule has 6 nitrogen and oxygen atoms in total. The van der Waals surface area contributed by atoms with Gasteiger partial charge in [0.1, 0.15) is 23.9 Å². The molecule has 3 rings (SSSR count). The van der Waals surface area contributed by atoms with Crippen LogP contribution >= 0.6 is 0 Å². The highest BCUT2D eigenvalue weighted by Crippen LogP contribution is 2.21. The standard InChI is InChI=1S/C21H18N2O4/c24-17-9-10-20(25)19(12-17)21(26)23-22-13-16-7-4-8-18(11-16)27-14-15-5-2-1-3-6-15/h1-13,24-25H,14H2,(H,23,26). The number of hydrazone groups is 1. The Hall–Kier alpha value is -3.80. The van der Waals surface area contributed by atoms with E-state index in [2.05, 4.69) is 10.5 Å². The molecule has 3 aromatic carbocycles. The lowest BCUT2D eigenvalue weighted by Gasteiger charge is -2.07. The summed E-state index contributed by atoms with van der Waals surface area (Å²) in [4.78, 5) is 12.0. The van der Waals surface area contributed by atoms with Crippen LogP contribution in [0.15, 0.2) is 77.9 Å². The van der Waals surface area contributed by atoms with Crippen molar-refractivity contribution in [3.8, 4) is 17.2 Å². The van der Waals surface area contributed by atoms with E-state index in [0.29, 0.717) is 12.4 Å². The quantitative estimate of drug-likeness (QED) is 0.356. The lowest BCUT2D eigenvalue weighted by atomic mass is 10.2. The van der Waals surface area contributed by atoms with Gasteiger partial charge in [-0.2, -0.15) is 5.10 Å². The van der Waals surface area contributed by atoms with Crippen molar-refractivity contribution in [1.82, 2.24) is 5.43 Å². The highest BCUT2D eigenvalue weighted by molar-refractivity contribution is 5.97. The van der Waals surface area contributed by atoms with Gasteiger partial charge in [0, 0.05) is 0 Å². The monoisotopic (exact) mass is 362 g/mol. The molecule has 0 unspecified atom stereocenters. The van der Waals surface area contributed by atoms with Crippen LogP contribution in [0.25, 0.3) is 0 Å². The number of hydrogen-bond acceptors (Lipinski definition) is 5. The fourth-order valence-corrected chi connectivity index (χ4v) is 2.36. The molecule has 136 valence electrons. The second kappa shape index (κ2) is 8.53. The van der Waals surface area contributed by atoms with Gasteiger partial charge < -0.3 is 14.9 Å². The second-order valence-electron chi connectivity index (χ2n) is 5.75. The van der Waals surface area contributed by atoms with Crippen LogP contribution in [0, 0.1) is 0 Å². The first-order chi connectivity index (χ1) is 13.1. The van der Waals surface area contributed by atoms with Crippen LogP contribution in [-0.4, -0.2) is 22.3 Å². The molecule has 0 aliphatic heterocycles. The Bertz CT molecular complexity index is 955. The number of nitrogens with one attached hydrogen (secondary N) is 1. The molecule has 0 radical (unpaired) electrons. The first kappa shape index (κ1) is 18.0. The smallest absolute Gasteiger partial charge is 0.275 e. The van der Waals surface area contributed by atoms with Gasteiger partial charge in [-0.25, -0.2) is 5.43 Å². The fraction of sp³-hybridized carbons (Fsp3) is 0.0476. The molecule has 0 bridgehead atoms. The Labute approximate surface area is 156 Å². The maximum Gasteiger partial charge on any atom is 0.275 e. The van der Waals surface area contributed by atoms with Crippen LogP contribution in [0.1, 0.15) is 21.5 Å². The first-order valence-electron chi connectivity index (χ1n) is 8.24. The molecular weight excluding hydrogens is 344 g/mol. The van der Waals surface area contributed by atoms with Gasteiger partial charge >= 0.3 is 0 Å². The third kappa shape index (κ3) is 5.09. The van der Waals surface area contributed by atoms with Crippen molar-refractivity contribution in [3.63, 3.8) is 0 Å². The van der Waals surface area contributed by atoms with E-state index in [1.54, 1.807) is 6.07 Å². The Kier molecular flexibility index (Phi) is 5.69. The molecular formula is C21H18N2O4. The minimum Gasteiger partial charge on any atom is -0.508 e. The van der Waals surface area contributed by atoms with E-state index < -0.39 is 5.91 Å². The SMILES string of the molecule is O=C(NN=Cc1cccc(OCc2ccccc2)c1)c1cc(O)ccc1O. The third-order valence-electron chi connectivity index (χ3n) is 3.71. The van der Waals surface area contributed by atoms with Gasteiger partial charge in [-0.15, -0.1) is 0 Å². The molecule has 3 N–H and O–H groups in total. The summed E-state index contributed by atoms with van der Waals surface area (Å²) in [5.41, 5.74) is 4.05. The van der Waals surface area contributed by atoms with Crippen molar-refractivity contribution < 1.29 is 19.7 Å². The van der Waals surface area contributed by atoms with Crippen LogP contribution in [0.4, 0.5) is 0 Å². The Morgan fingerprint density at radius 2 is 1.81 bits per heavy atom. The highest BCUT2D eigenvalue weighted by atomic mass is 16.5. The molecule has 1 amide bonds. The van der Waals surface area contributed by atoms with E-state index in [1.807, 2.05) is 48.5 Å². The Balaban J connectivity index is 1.60. The molecule has 3 aromatic rings. The Morgan fingerprint density at radius 3 is 2.63 bits per heavy atom. The van der Waals surface area contributed by atoms with Crippen LogP contribution < -0.4 is 10.2 Å². The topological polar surface area (TPSA) is 91.2 Å². The molecule has 0 heterocycles. The van der Waals surface area contributed by atoms with Crippen molar-refractivity contribution in [2.45, 2.75) is 6.61 Å². The van der Waals surface area contributed by atoms with E-state index in [0.717, 1.165) is 17.2 Å². The van der Waals surface area contributed by atoms with E-state index in [9.17, 15) is 15.0 Å². The zero-order valence-electron chi connectivity index (χ0n) is 14.4. The molecule has 0 fully saturated rings. The molecule has 0 saturated carbocycles. The van der Waals surface area contributed by atoms with Crippen molar-refractivity contribution in [1.29, 1.82) is 0 Å². The molecule has 0 aromatic heterocycles. The first-order valence-corrected chi connectivity index (χ1v) is 8.24. The summed E-state index contributed by atoms with van der Waals surface area (Å²) in [5, 5.41) is 23.0. The van der Waals surface area contributed by atoms with Crippen molar-refractivity contribution in [2.75, 3.05) is 0 Å². The van der Waals surface area contributed by atoms with Crippen molar-refractivity contribution in [3.05, 3.63) is 89.5 Å². The predicted octanol–water partition coefficient (Wildman–Crippen LogP) is 3.44. The molecule has 0 spiro atoms. The van der Waals surface area contributed by atoms with Crippen LogP contribution in [0.2, 0.25) is 0 Å². The summed E-state index contributed by atoms with van der Waals surface area (Å²) in [6, 6.07) is 20.8. The van der Waals surface area contributed by atoms with Gasteiger partial charge in [0.15, 0.2) is 0 Å². The molecule has 0 saturated heterocycles. The van der Waals surface area contributed by atoms with Crippen molar-refractivity contribution >= 4 is 12.1 Å². The summed E-state index contributed by atoms with van der Waals surface area (Å²) in [5.74, 6) is -0.308. The summed E-state index contributed by atoms with van der Waals surface area (Å²) in [6.45, 7) is 0.453. The van der Waals surface area contributed by atoms with Gasteiger partial charge in [0.2, 0.25) is 0 Å². The van der Waals surface area contributed by atoms with E-state index in [1.165, 1.54) is 18.3 Å². The number of carbonyl (C=O) groups excluding carboxylic acids is 1. The number of ether oxygens (including phenoxy) is 1. The number of hydrogen-bond donors (Lipinski definition) is 3. The molecule has 6 heteroatoms. The normalized spacial score (nSPS) is 10.7. The summed E-state index contributed by atoms with van der Waals surface area (Å²) in [7, 11) is 0. The summed E-state index contributed by atoms with van der Waals surface area (Å²) < 4.78 is 5.75. The number of phenolic OH excluding ortho intramolecular Hbond substituents is 2.